The van der Waals surface area contributed by atoms with Crippen LogP contribution in [0, 0.1) is 6.92 Å². The Morgan fingerprint density at radius 3 is 2.74 bits per heavy atom. The number of imidazole rings is 1. The van der Waals surface area contributed by atoms with Crippen LogP contribution in [0.5, 0.6) is 0 Å². The summed E-state index contributed by atoms with van der Waals surface area (Å²) in [6.07, 6.45) is 4.33. The number of rotatable bonds is 7. The van der Waals surface area contributed by atoms with Gasteiger partial charge < -0.3 is 9.88 Å². The van der Waals surface area contributed by atoms with Gasteiger partial charge in [-0.1, -0.05) is 0 Å². The van der Waals surface area contributed by atoms with Crippen LogP contribution in [-0.4, -0.2) is 35.0 Å². The zero-order valence-electron chi connectivity index (χ0n) is 11.9. The minimum atomic E-state index is -3.00. The summed E-state index contributed by atoms with van der Waals surface area (Å²) in [6, 6.07) is 0.642. The number of hydrogen-bond acceptors (Lipinski definition) is 4. The second-order valence-corrected chi connectivity index (χ2v) is 8.20. The van der Waals surface area contributed by atoms with E-state index in [0.717, 1.165) is 18.1 Å². The summed E-state index contributed by atoms with van der Waals surface area (Å²) in [4.78, 5) is 4.29. The molecule has 5 nitrogen and oxygen atoms in total. The van der Waals surface area contributed by atoms with Gasteiger partial charge in [-0.25, -0.2) is 13.4 Å². The maximum atomic E-state index is 11.9. The Balaban J connectivity index is 2.00. The molecule has 1 fully saturated rings. The van der Waals surface area contributed by atoms with Crippen LogP contribution in [-0.2, 0) is 22.9 Å². The number of hydrogen-bond donors (Lipinski definition) is 1. The van der Waals surface area contributed by atoms with Gasteiger partial charge in [-0.3, -0.25) is 0 Å². The molecule has 0 radical (unpaired) electrons. The van der Waals surface area contributed by atoms with E-state index in [1.54, 1.807) is 13.8 Å². The van der Waals surface area contributed by atoms with Gasteiger partial charge in [-0.2, -0.15) is 0 Å². The molecule has 1 aromatic heterocycles. The van der Waals surface area contributed by atoms with E-state index in [-0.39, 0.29) is 11.0 Å². The van der Waals surface area contributed by atoms with Crippen molar-refractivity contribution in [3.8, 4) is 0 Å². The highest BCUT2D eigenvalue weighted by Crippen LogP contribution is 2.19. The Kier molecular flexibility index (Phi) is 4.30. The summed E-state index contributed by atoms with van der Waals surface area (Å²) in [5, 5.41) is 3.12. The predicted molar refractivity (Wildman–Crippen MR) is 75.7 cm³/mol. The fraction of sp³-hybridized carbons (Fsp3) is 0.769. The molecule has 6 heteroatoms. The first-order valence-electron chi connectivity index (χ1n) is 6.86. The lowest BCUT2D eigenvalue weighted by Gasteiger charge is -2.12. The highest BCUT2D eigenvalue weighted by Gasteiger charge is 2.21. The molecule has 0 aromatic carbocycles. The minimum Gasteiger partial charge on any atom is -0.330 e. The van der Waals surface area contributed by atoms with Crippen molar-refractivity contribution in [1.82, 2.24) is 14.9 Å². The van der Waals surface area contributed by atoms with Crippen LogP contribution in [0.4, 0.5) is 0 Å². The Hall–Kier alpha value is -0.880. The van der Waals surface area contributed by atoms with Gasteiger partial charge in [0, 0.05) is 25.3 Å². The second-order valence-electron chi connectivity index (χ2n) is 5.52. The topological polar surface area (TPSA) is 64.0 Å². The highest BCUT2D eigenvalue weighted by atomic mass is 32.2. The molecule has 0 aliphatic heterocycles. The van der Waals surface area contributed by atoms with Crippen molar-refractivity contribution in [2.75, 3.05) is 5.75 Å². The summed E-state index contributed by atoms with van der Waals surface area (Å²) in [5.74, 6) is 1.06. The van der Waals surface area contributed by atoms with Crippen LogP contribution in [0.15, 0.2) is 6.20 Å². The van der Waals surface area contributed by atoms with Crippen LogP contribution in [0.25, 0.3) is 0 Å². The smallest absolute Gasteiger partial charge is 0.154 e. The third-order valence-corrected chi connectivity index (χ3v) is 5.79. The predicted octanol–water partition coefficient (Wildman–Crippen LogP) is 1.27. The van der Waals surface area contributed by atoms with E-state index < -0.39 is 9.84 Å². The molecule has 108 valence electrons. The summed E-state index contributed by atoms with van der Waals surface area (Å²) >= 11 is 0. The first kappa shape index (κ1) is 14.5. The first-order valence-corrected chi connectivity index (χ1v) is 8.57. The number of nitrogens with zero attached hydrogens (tertiary/aromatic N) is 2. The van der Waals surface area contributed by atoms with Gasteiger partial charge in [0.05, 0.1) is 16.7 Å². The van der Waals surface area contributed by atoms with Crippen LogP contribution in [0.2, 0.25) is 0 Å². The molecule has 0 unspecified atom stereocenters. The number of aryl methyl sites for hydroxylation is 1. The van der Waals surface area contributed by atoms with E-state index in [9.17, 15) is 8.42 Å². The van der Waals surface area contributed by atoms with Gasteiger partial charge in [-0.05, 0) is 33.6 Å². The molecule has 1 aliphatic carbocycles. The fourth-order valence-electron chi connectivity index (χ4n) is 1.95. The average molecular weight is 285 g/mol. The van der Waals surface area contributed by atoms with Gasteiger partial charge in [0.2, 0.25) is 0 Å². The molecule has 1 aromatic rings. The van der Waals surface area contributed by atoms with Crippen molar-refractivity contribution in [1.29, 1.82) is 0 Å². The molecule has 1 aliphatic rings. The molecule has 0 amide bonds. The van der Waals surface area contributed by atoms with E-state index in [0.29, 0.717) is 12.6 Å². The van der Waals surface area contributed by atoms with Crippen LogP contribution in [0.3, 0.4) is 0 Å². The summed E-state index contributed by atoms with van der Waals surface area (Å²) in [6.45, 7) is 6.64. The zero-order valence-corrected chi connectivity index (χ0v) is 12.7. The lowest BCUT2D eigenvalue weighted by atomic mass is 10.4. The summed E-state index contributed by atoms with van der Waals surface area (Å²) in [5.41, 5.74) is 1.07. The SMILES string of the molecule is Cc1ncc(CNC2CC2)n1CCS(=O)(=O)C(C)C. The quantitative estimate of drug-likeness (QED) is 0.819. The molecule has 1 saturated carbocycles. The molecular formula is C13H23N3O2S. The second kappa shape index (κ2) is 5.63. The van der Waals surface area contributed by atoms with Crippen molar-refractivity contribution >= 4 is 9.84 Å². The Morgan fingerprint density at radius 1 is 1.47 bits per heavy atom. The van der Waals surface area contributed by atoms with E-state index in [1.165, 1.54) is 12.8 Å². The van der Waals surface area contributed by atoms with Gasteiger partial charge in [-0.15, -0.1) is 0 Å². The van der Waals surface area contributed by atoms with Crippen molar-refractivity contribution in [3.63, 3.8) is 0 Å². The third-order valence-electron chi connectivity index (χ3n) is 3.60. The lowest BCUT2D eigenvalue weighted by Crippen LogP contribution is -2.24. The highest BCUT2D eigenvalue weighted by molar-refractivity contribution is 7.91. The molecule has 0 spiro atoms. The van der Waals surface area contributed by atoms with E-state index in [2.05, 4.69) is 10.3 Å². The number of aromatic nitrogens is 2. The van der Waals surface area contributed by atoms with Crippen molar-refractivity contribution in [2.24, 2.45) is 0 Å². The Morgan fingerprint density at radius 2 is 2.16 bits per heavy atom. The molecule has 0 atom stereocenters. The Bertz CT molecular complexity index is 530. The molecule has 0 bridgehead atoms. The molecule has 1 heterocycles. The van der Waals surface area contributed by atoms with Crippen molar-refractivity contribution in [2.45, 2.75) is 58.0 Å². The minimum absolute atomic E-state index is 0.179. The maximum Gasteiger partial charge on any atom is 0.154 e. The van der Waals surface area contributed by atoms with Gasteiger partial charge >= 0.3 is 0 Å². The van der Waals surface area contributed by atoms with Crippen LogP contribution >= 0.6 is 0 Å². The van der Waals surface area contributed by atoms with Crippen LogP contribution < -0.4 is 5.32 Å². The van der Waals surface area contributed by atoms with Gasteiger partial charge in [0.15, 0.2) is 9.84 Å². The largest absolute Gasteiger partial charge is 0.330 e. The zero-order chi connectivity index (χ0) is 14.0. The third kappa shape index (κ3) is 3.79. The fourth-order valence-corrected chi connectivity index (χ4v) is 2.86. The standard InChI is InChI=1S/C13H23N3O2S/c1-10(2)19(17,18)7-6-16-11(3)14-8-13(16)9-15-12-4-5-12/h8,10,12,15H,4-7,9H2,1-3H3. The lowest BCUT2D eigenvalue weighted by molar-refractivity contribution is 0.572. The molecule has 0 saturated heterocycles. The normalized spacial score (nSPS) is 16.2. The first-order chi connectivity index (χ1) is 8.90. The number of sulfone groups is 1. The molecule has 2 rings (SSSR count). The van der Waals surface area contributed by atoms with Crippen LogP contribution in [0.1, 0.15) is 38.2 Å². The monoisotopic (exact) mass is 285 g/mol. The molecular weight excluding hydrogens is 262 g/mol. The maximum absolute atomic E-state index is 11.9. The summed E-state index contributed by atoms with van der Waals surface area (Å²) in [7, 11) is -3.00. The molecule has 19 heavy (non-hydrogen) atoms. The van der Waals surface area contributed by atoms with E-state index >= 15 is 0 Å². The van der Waals surface area contributed by atoms with E-state index in [1.807, 2.05) is 17.7 Å². The van der Waals surface area contributed by atoms with Gasteiger partial charge in [0.25, 0.3) is 0 Å². The summed E-state index contributed by atoms with van der Waals surface area (Å²) < 4.78 is 25.8. The average Bonchev–Trinajstić information content (AvgIpc) is 3.09. The van der Waals surface area contributed by atoms with Crippen molar-refractivity contribution < 1.29 is 8.42 Å². The Labute approximate surface area is 115 Å². The van der Waals surface area contributed by atoms with Crippen molar-refractivity contribution in [3.05, 3.63) is 17.7 Å². The number of nitrogens with one attached hydrogen (secondary N) is 1. The van der Waals surface area contributed by atoms with E-state index in [4.69, 9.17) is 0 Å². The molecule has 1 N–H and O–H groups in total. The van der Waals surface area contributed by atoms with Gasteiger partial charge in [0.1, 0.15) is 5.82 Å².